The van der Waals surface area contributed by atoms with Gasteiger partial charge in [0.05, 0.1) is 12.4 Å². The summed E-state index contributed by atoms with van der Waals surface area (Å²) in [5.74, 6) is 0. The maximum absolute atomic E-state index is 5.18. The van der Waals surface area contributed by atoms with Crippen molar-refractivity contribution in [2.45, 2.75) is 0 Å². The second-order valence-electron chi connectivity index (χ2n) is 1.88. The van der Waals surface area contributed by atoms with E-state index in [1.54, 1.807) is 7.05 Å². The van der Waals surface area contributed by atoms with Gasteiger partial charge in [-0.1, -0.05) is 5.04 Å². The quantitative estimate of drug-likeness (QED) is 0.228. The summed E-state index contributed by atoms with van der Waals surface area (Å²) in [5, 5.41) is 17.6. The molecule has 0 spiro atoms. The smallest absolute Gasteiger partial charge is 0.761 e. The molecule has 0 atom stereocenters. The molecule has 0 amide bonds. The van der Waals surface area contributed by atoms with Gasteiger partial charge in [0, 0.05) is 13.6 Å². The van der Waals surface area contributed by atoms with E-state index in [-0.39, 0.29) is 23.6 Å². The third-order valence-electron chi connectivity index (χ3n) is 0.906. The van der Waals surface area contributed by atoms with Gasteiger partial charge in [-0.15, -0.1) is 0 Å². The summed E-state index contributed by atoms with van der Waals surface area (Å²) in [6, 6.07) is 0. The molecular weight excluding hydrogens is 284 g/mol. The Kier molecular flexibility index (Phi) is 12.9. The Labute approximate surface area is 110 Å². The van der Waals surface area contributed by atoms with Crippen molar-refractivity contribution >= 4 is 47.9 Å². The minimum Gasteiger partial charge on any atom is -0.761 e. The van der Waals surface area contributed by atoms with Gasteiger partial charge in [0.1, 0.15) is 0 Å². The molecule has 0 heterocycles. The number of hydrogen-bond donors (Lipinski definition) is 2. The SMILES string of the molecule is CNC([S-])=NN=CC=NN=C([S-])CN.[Cu+2]. The Balaban J connectivity index is 0. The Morgan fingerprint density at radius 1 is 1.27 bits per heavy atom. The number of amidine groups is 1. The van der Waals surface area contributed by atoms with Gasteiger partial charge >= 0.3 is 17.1 Å². The third-order valence-corrected chi connectivity index (χ3v) is 1.44. The van der Waals surface area contributed by atoms with E-state index in [9.17, 15) is 0 Å². The molecule has 6 nitrogen and oxygen atoms in total. The first-order valence-electron chi connectivity index (χ1n) is 3.62. The van der Waals surface area contributed by atoms with Crippen molar-refractivity contribution in [3.63, 3.8) is 0 Å². The van der Waals surface area contributed by atoms with Crippen molar-refractivity contribution in [3.05, 3.63) is 0 Å². The molecule has 0 saturated carbocycles. The summed E-state index contributed by atoms with van der Waals surface area (Å²) < 4.78 is 0. The van der Waals surface area contributed by atoms with Crippen LogP contribution in [0.3, 0.4) is 0 Å². The minimum absolute atomic E-state index is 0. The van der Waals surface area contributed by atoms with E-state index in [0.29, 0.717) is 10.2 Å². The van der Waals surface area contributed by atoms with Crippen molar-refractivity contribution in [3.8, 4) is 0 Å². The van der Waals surface area contributed by atoms with Crippen molar-refractivity contribution < 1.29 is 17.1 Å². The largest absolute Gasteiger partial charge is 2.00 e. The topological polar surface area (TPSA) is 87.5 Å². The first kappa shape index (κ1) is 16.8. The predicted molar refractivity (Wildman–Crippen MR) is 64.7 cm³/mol. The average molecular weight is 294 g/mol. The summed E-state index contributed by atoms with van der Waals surface area (Å²) in [4.78, 5) is 0. The van der Waals surface area contributed by atoms with E-state index in [2.05, 4.69) is 38.4 Å². The molecule has 3 N–H and O–H groups in total. The molecule has 0 saturated heterocycles. The van der Waals surface area contributed by atoms with Crippen LogP contribution in [0.5, 0.6) is 0 Å². The first-order chi connectivity index (χ1) is 6.70. The molecule has 0 aromatic carbocycles. The molecule has 0 rings (SSSR count). The van der Waals surface area contributed by atoms with Crippen LogP contribution in [0.4, 0.5) is 0 Å². The van der Waals surface area contributed by atoms with Gasteiger partial charge in [-0.25, -0.2) is 0 Å². The normalized spacial score (nSPS) is 13.2. The monoisotopic (exact) mass is 293 g/mol. The van der Waals surface area contributed by atoms with Crippen LogP contribution in [0.25, 0.3) is 0 Å². The fourth-order valence-electron chi connectivity index (χ4n) is 0.334. The molecule has 87 valence electrons. The van der Waals surface area contributed by atoms with Crippen LogP contribution in [0.2, 0.25) is 0 Å². The molecule has 0 aliphatic rings. The molecule has 1 radical (unpaired) electrons. The Morgan fingerprint density at radius 3 is 2.27 bits per heavy atom. The zero-order valence-electron chi connectivity index (χ0n) is 7.85. The van der Waals surface area contributed by atoms with E-state index >= 15 is 0 Å². The summed E-state index contributed by atoms with van der Waals surface area (Å²) in [5.41, 5.74) is 5.18. The molecular formula is C6H10CuN6S2. The Bertz CT molecular complexity index is 247. The van der Waals surface area contributed by atoms with Gasteiger partial charge in [0.25, 0.3) is 0 Å². The maximum Gasteiger partial charge on any atom is 2.00 e. The third kappa shape index (κ3) is 11.3. The predicted octanol–water partition coefficient (Wildman–Crippen LogP) is -1.02. The van der Waals surface area contributed by atoms with Gasteiger partial charge in [0.15, 0.2) is 0 Å². The molecule has 0 aliphatic carbocycles. The number of hydrogen-bond acceptors (Lipinski definition) is 7. The van der Waals surface area contributed by atoms with Gasteiger partial charge in [-0.05, 0) is 5.17 Å². The number of nitrogens with two attached hydrogens (primary N) is 1. The van der Waals surface area contributed by atoms with E-state index in [1.165, 1.54) is 12.4 Å². The molecule has 0 bridgehead atoms. The van der Waals surface area contributed by atoms with Crippen molar-refractivity contribution in [1.29, 1.82) is 0 Å². The number of nitrogens with one attached hydrogen (secondary N) is 1. The zero-order valence-corrected chi connectivity index (χ0v) is 10.4. The van der Waals surface area contributed by atoms with Gasteiger partial charge < -0.3 is 36.3 Å². The summed E-state index contributed by atoms with van der Waals surface area (Å²) in [7, 11) is 1.66. The maximum atomic E-state index is 5.18. The van der Waals surface area contributed by atoms with E-state index < -0.39 is 0 Å². The first-order valence-corrected chi connectivity index (χ1v) is 4.43. The van der Waals surface area contributed by atoms with Crippen molar-refractivity contribution in [2.24, 2.45) is 26.1 Å². The molecule has 9 heteroatoms. The zero-order chi connectivity index (χ0) is 10.8. The van der Waals surface area contributed by atoms with Gasteiger partial charge in [0.2, 0.25) is 0 Å². The standard InChI is InChI=1S/C6H12N6S2.Cu/c1-8-6(14)12-10-3-2-9-11-5(13)4-7;/h2-3H,4,7H2,1H3,(H,11,13)(H2,8,12,14);/q;+2/p-2. The molecule has 15 heavy (non-hydrogen) atoms. The second-order valence-corrected chi connectivity index (χ2v) is 2.74. The van der Waals surface area contributed by atoms with E-state index in [4.69, 9.17) is 18.4 Å². The summed E-state index contributed by atoms with van der Waals surface area (Å²) in [6.45, 7) is 0.206. The molecule has 0 aromatic heterocycles. The average Bonchev–Trinajstić information content (AvgIpc) is 2.22. The van der Waals surface area contributed by atoms with Crippen molar-refractivity contribution in [2.75, 3.05) is 13.6 Å². The Hall–Kier alpha value is -0.601. The molecule has 0 fully saturated rings. The van der Waals surface area contributed by atoms with Crippen LogP contribution >= 0.6 is 0 Å². The molecule has 0 aliphatic heterocycles. The minimum atomic E-state index is 0. The van der Waals surface area contributed by atoms with Crippen LogP contribution in [0.1, 0.15) is 0 Å². The van der Waals surface area contributed by atoms with Crippen LogP contribution in [0.15, 0.2) is 20.4 Å². The Morgan fingerprint density at radius 2 is 1.80 bits per heavy atom. The fourth-order valence-corrected chi connectivity index (χ4v) is 0.428. The van der Waals surface area contributed by atoms with Crippen LogP contribution in [-0.2, 0) is 42.3 Å². The summed E-state index contributed by atoms with van der Waals surface area (Å²) in [6.07, 6.45) is 2.68. The number of rotatable bonds is 4. The van der Waals surface area contributed by atoms with Crippen molar-refractivity contribution in [1.82, 2.24) is 5.32 Å². The second kappa shape index (κ2) is 11.5. The van der Waals surface area contributed by atoms with Gasteiger partial charge in [-0.2, -0.15) is 20.4 Å². The van der Waals surface area contributed by atoms with Crippen LogP contribution < -0.4 is 11.1 Å². The molecule has 0 aromatic rings. The fraction of sp³-hybridized carbons (Fsp3) is 0.333. The summed E-state index contributed by atoms with van der Waals surface area (Å²) >= 11 is 9.39. The van der Waals surface area contributed by atoms with E-state index in [0.717, 1.165) is 0 Å². The van der Waals surface area contributed by atoms with Crippen LogP contribution in [-0.4, -0.2) is 36.2 Å². The molecule has 0 unspecified atom stereocenters. The van der Waals surface area contributed by atoms with E-state index in [1.807, 2.05) is 0 Å². The number of nitrogens with zero attached hydrogens (tertiary/aromatic N) is 4. The van der Waals surface area contributed by atoms with Crippen LogP contribution in [0, 0.1) is 0 Å². The van der Waals surface area contributed by atoms with Gasteiger partial charge in [-0.3, -0.25) is 0 Å².